The van der Waals surface area contributed by atoms with Gasteiger partial charge in [0.05, 0.1) is 18.1 Å². The molecule has 0 bridgehead atoms. The topological polar surface area (TPSA) is 59.0 Å². The Bertz CT molecular complexity index is 901. The van der Waals surface area contributed by atoms with E-state index in [1.165, 1.54) is 6.07 Å². The van der Waals surface area contributed by atoms with Gasteiger partial charge in [-0.2, -0.15) is 0 Å². The van der Waals surface area contributed by atoms with E-state index in [2.05, 4.69) is 4.90 Å². The summed E-state index contributed by atoms with van der Waals surface area (Å²) >= 11 is 6.06. The van der Waals surface area contributed by atoms with Crippen LogP contribution in [0.4, 0.5) is 4.39 Å². The summed E-state index contributed by atoms with van der Waals surface area (Å²) in [5, 5.41) is 9.30. The number of nitrogens with zero attached hydrogens (tertiary/aromatic N) is 1. The van der Waals surface area contributed by atoms with Gasteiger partial charge in [0.15, 0.2) is 0 Å². The zero-order chi connectivity index (χ0) is 20.4. The number of aliphatic carboxylic acids is 1. The van der Waals surface area contributed by atoms with E-state index < -0.39 is 11.8 Å². The van der Waals surface area contributed by atoms with Crippen molar-refractivity contribution in [1.82, 2.24) is 4.90 Å². The molecule has 0 aromatic heterocycles. The highest BCUT2D eigenvalue weighted by atomic mass is 35.5. The minimum Gasteiger partial charge on any atom is -0.492 e. The summed E-state index contributed by atoms with van der Waals surface area (Å²) in [6.45, 7) is 2.87. The third-order valence-corrected chi connectivity index (χ3v) is 6.13. The van der Waals surface area contributed by atoms with Crippen LogP contribution in [0.3, 0.4) is 0 Å². The number of carboxylic acids is 1. The largest absolute Gasteiger partial charge is 0.492 e. The first-order valence-corrected chi connectivity index (χ1v) is 10.1. The van der Waals surface area contributed by atoms with Crippen molar-refractivity contribution in [2.75, 3.05) is 26.2 Å². The summed E-state index contributed by atoms with van der Waals surface area (Å²) in [7, 11) is 0. The van der Waals surface area contributed by atoms with Crippen LogP contribution in [0, 0.1) is 5.82 Å². The fourth-order valence-corrected chi connectivity index (χ4v) is 4.50. The van der Waals surface area contributed by atoms with Crippen molar-refractivity contribution < 1.29 is 23.8 Å². The summed E-state index contributed by atoms with van der Waals surface area (Å²) in [5.41, 5.74) is 1.35. The van der Waals surface area contributed by atoms with Gasteiger partial charge in [0, 0.05) is 35.7 Å². The number of carbonyl (C=O) groups is 1. The van der Waals surface area contributed by atoms with Crippen LogP contribution in [0.25, 0.3) is 0 Å². The Hall–Kier alpha value is -2.31. The second kappa shape index (κ2) is 8.20. The molecular formula is C22H23ClFNO4. The molecule has 0 amide bonds. The molecule has 2 aromatic rings. The van der Waals surface area contributed by atoms with E-state index in [-0.39, 0.29) is 18.4 Å². The number of fused-ring (bicyclic) bond motifs is 2. The zero-order valence-corrected chi connectivity index (χ0v) is 16.8. The monoisotopic (exact) mass is 419 g/mol. The number of halogens is 2. The highest BCUT2D eigenvalue weighted by Gasteiger charge is 2.43. The highest BCUT2D eigenvalue weighted by molar-refractivity contribution is 6.31. The number of ether oxygens (including phenoxy) is 2. The zero-order valence-electron chi connectivity index (χ0n) is 16.0. The van der Waals surface area contributed by atoms with Gasteiger partial charge in [-0.1, -0.05) is 23.7 Å². The average molecular weight is 420 g/mol. The summed E-state index contributed by atoms with van der Waals surface area (Å²) < 4.78 is 25.7. The van der Waals surface area contributed by atoms with Crippen molar-refractivity contribution in [3.8, 4) is 11.5 Å². The highest BCUT2D eigenvalue weighted by Crippen LogP contribution is 2.45. The molecule has 0 radical (unpaired) electrons. The van der Waals surface area contributed by atoms with E-state index in [1.54, 1.807) is 12.1 Å². The van der Waals surface area contributed by atoms with Crippen LogP contribution in [0.15, 0.2) is 36.4 Å². The van der Waals surface area contributed by atoms with Crippen LogP contribution in [-0.2, 0) is 16.8 Å². The number of piperidine rings is 1. The lowest BCUT2D eigenvalue weighted by Gasteiger charge is -2.39. The van der Waals surface area contributed by atoms with Crippen molar-refractivity contribution >= 4 is 17.6 Å². The molecule has 154 valence electrons. The summed E-state index contributed by atoms with van der Waals surface area (Å²) in [5.74, 6) is 0.211. The molecular weight excluding hydrogens is 397 g/mol. The van der Waals surface area contributed by atoms with Gasteiger partial charge in [-0.15, -0.1) is 0 Å². The van der Waals surface area contributed by atoms with E-state index in [0.717, 1.165) is 37.2 Å². The van der Waals surface area contributed by atoms with Crippen LogP contribution in [0.1, 0.15) is 30.4 Å². The molecule has 2 aromatic carbocycles. The van der Waals surface area contributed by atoms with Crippen LogP contribution >= 0.6 is 11.6 Å². The number of benzene rings is 2. The molecule has 0 aliphatic carbocycles. The number of hydrogen-bond donors (Lipinski definition) is 1. The summed E-state index contributed by atoms with van der Waals surface area (Å²) in [4.78, 5) is 13.1. The molecule has 1 atom stereocenters. The second-order valence-corrected chi connectivity index (χ2v) is 8.15. The maximum absolute atomic E-state index is 13.9. The van der Waals surface area contributed by atoms with Gasteiger partial charge in [-0.05, 0) is 37.6 Å². The summed E-state index contributed by atoms with van der Waals surface area (Å²) in [6.07, 6.45) is 2.16. The predicted molar refractivity (Wildman–Crippen MR) is 107 cm³/mol. The maximum atomic E-state index is 13.9. The lowest BCUT2D eigenvalue weighted by Crippen LogP contribution is -2.47. The van der Waals surface area contributed by atoms with Crippen LogP contribution in [0.2, 0.25) is 5.02 Å². The Balaban J connectivity index is 1.47. The molecule has 29 heavy (non-hydrogen) atoms. The van der Waals surface area contributed by atoms with Crippen molar-refractivity contribution in [3.05, 3.63) is 58.4 Å². The van der Waals surface area contributed by atoms with Gasteiger partial charge >= 0.3 is 5.97 Å². The van der Waals surface area contributed by atoms with Gasteiger partial charge in [0.25, 0.3) is 0 Å². The van der Waals surface area contributed by atoms with Gasteiger partial charge in [-0.3, -0.25) is 4.79 Å². The molecule has 2 heterocycles. The summed E-state index contributed by atoms with van der Waals surface area (Å²) in [6, 6.07) is 10.3. The first-order valence-electron chi connectivity index (χ1n) is 9.74. The maximum Gasteiger partial charge on any atom is 0.304 e. The number of hydrogen-bond acceptors (Lipinski definition) is 4. The Morgan fingerprint density at radius 2 is 2.21 bits per heavy atom. The minimum absolute atomic E-state index is 0.0401. The third kappa shape index (κ3) is 4.19. The van der Waals surface area contributed by atoms with Crippen LogP contribution in [-0.4, -0.2) is 42.2 Å². The van der Waals surface area contributed by atoms with Crippen molar-refractivity contribution in [3.63, 3.8) is 0 Å². The SMILES string of the molecule is O=C(O)CCN1CCCC2(COc3cc(OCc4c(F)cccc4Cl)ccc32)C1. The van der Waals surface area contributed by atoms with E-state index in [4.69, 9.17) is 26.2 Å². The lowest BCUT2D eigenvalue weighted by atomic mass is 9.75. The predicted octanol–water partition coefficient (Wildman–Crippen LogP) is 4.26. The van der Waals surface area contributed by atoms with E-state index in [9.17, 15) is 9.18 Å². The minimum atomic E-state index is -0.774. The first-order chi connectivity index (χ1) is 14.0. The second-order valence-electron chi connectivity index (χ2n) is 7.74. The Labute approximate surface area is 174 Å². The smallest absolute Gasteiger partial charge is 0.304 e. The standard InChI is InChI=1S/C22H23ClFNO4/c23-18-3-1-4-19(24)16(18)12-28-15-5-6-17-20(11-15)29-14-22(17)8-2-9-25(13-22)10-7-21(26)27/h1,3-6,11H,2,7-10,12-14H2,(H,26,27). The third-order valence-electron chi connectivity index (χ3n) is 5.77. The number of likely N-dealkylation sites (tertiary alicyclic amines) is 1. The fraction of sp³-hybridized carbons (Fsp3) is 0.409. The molecule has 1 fully saturated rings. The Morgan fingerprint density at radius 1 is 1.34 bits per heavy atom. The first kappa shape index (κ1) is 20.0. The Kier molecular flexibility index (Phi) is 5.65. The van der Waals surface area contributed by atoms with Crippen molar-refractivity contribution in [1.29, 1.82) is 0 Å². The number of rotatable bonds is 6. The molecule has 2 aliphatic rings. The van der Waals surface area contributed by atoms with Gasteiger partial charge in [0.1, 0.15) is 23.9 Å². The molecule has 4 rings (SSSR count). The average Bonchev–Trinajstić information content (AvgIpc) is 3.03. The number of carboxylic acid groups (broad SMARTS) is 1. The molecule has 1 spiro atoms. The lowest BCUT2D eigenvalue weighted by molar-refractivity contribution is -0.137. The van der Waals surface area contributed by atoms with Crippen LogP contribution in [0.5, 0.6) is 11.5 Å². The molecule has 2 aliphatic heterocycles. The van der Waals surface area contributed by atoms with E-state index in [1.807, 2.05) is 18.2 Å². The molecule has 1 saturated heterocycles. The van der Waals surface area contributed by atoms with E-state index >= 15 is 0 Å². The quantitative estimate of drug-likeness (QED) is 0.758. The van der Waals surface area contributed by atoms with Gasteiger partial charge in [0.2, 0.25) is 0 Å². The van der Waals surface area contributed by atoms with Gasteiger partial charge in [-0.25, -0.2) is 4.39 Å². The normalized spacial score (nSPS) is 21.0. The Morgan fingerprint density at radius 3 is 3.00 bits per heavy atom. The van der Waals surface area contributed by atoms with Gasteiger partial charge < -0.3 is 19.5 Å². The van der Waals surface area contributed by atoms with Crippen molar-refractivity contribution in [2.24, 2.45) is 0 Å². The molecule has 5 nitrogen and oxygen atoms in total. The fourth-order valence-electron chi connectivity index (χ4n) is 4.28. The molecule has 0 saturated carbocycles. The van der Waals surface area contributed by atoms with E-state index in [0.29, 0.717) is 29.5 Å². The van der Waals surface area contributed by atoms with Crippen molar-refractivity contribution in [2.45, 2.75) is 31.3 Å². The molecule has 1 unspecified atom stereocenters. The molecule has 7 heteroatoms. The molecule has 1 N–H and O–H groups in total. The van der Waals surface area contributed by atoms with Crippen LogP contribution < -0.4 is 9.47 Å².